The first-order valence-electron chi connectivity index (χ1n) is 4.07. The lowest BCUT2D eigenvalue weighted by Crippen LogP contribution is -2.28. The molecule has 1 rings (SSSR count). The number of aromatic nitrogens is 1. The van der Waals surface area contributed by atoms with Crippen molar-refractivity contribution in [2.75, 3.05) is 0 Å². The molecule has 14 heavy (non-hydrogen) atoms. The highest BCUT2D eigenvalue weighted by Gasteiger charge is 2.13. The molecule has 3 N–H and O–H groups in total. The number of hydrazine groups is 1. The molecule has 0 fully saturated rings. The second-order valence-corrected chi connectivity index (χ2v) is 3.61. The summed E-state index contributed by atoms with van der Waals surface area (Å²) in [4.78, 5) is 4.11. The molecule has 0 spiro atoms. The second-order valence-electron chi connectivity index (χ2n) is 2.76. The number of nitrogens with two attached hydrogens (primary N) is 1. The van der Waals surface area contributed by atoms with Crippen LogP contribution in [-0.4, -0.2) is 4.98 Å². The SMILES string of the molecule is C=CCC(NN)c1ncc(Cl)cc1Cl. The van der Waals surface area contributed by atoms with E-state index in [-0.39, 0.29) is 6.04 Å². The van der Waals surface area contributed by atoms with Crippen LogP contribution in [0.4, 0.5) is 0 Å². The molecule has 0 saturated carbocycles. The lowest BCUT2D eigenvalue weighted by molar-refractivity contribution is 0.548. The number of rotatable bonds is 4. The van der Waals surface area contributed by atoms with Crippen LogP contribution in [0.3, 0.4) is 0 Å². The zero-order valence-corrected chi connectivity index (χ0v) is 9.02. The van der Waals surface area contributed by atoms with Crippen molar-refractivity contribution in [1.29, 1.82) is 0 Å². The van der Waals surface area contributed by atoms with Crippen LogP contribution < -0.4 is 11.3 Å². The summed E-state index contributed by atoms with van der Waals surface area (Å²) in [5, 5.41) is 1.01. The van der Waals surface area contributed by atoms with Gasteiger partial charge in [0.1, 0.15) is 0 Å². The van der Waals surface area contributed by atoms with E-state index in [0.29, 0.717) is 22.2 Å². The van der Waals surface area contributed by atoms with Crippen LogP contribution in [0.25, 0.3) is 0 Å². The van der Waals surface area contributed by atoms with Gasteiger partial charge in [-0.2, -0.15) is 0 Å². The van der Waals surface area contributed by atoms with Crippen molar-refractivity contribution in [3.05, 3.63) is 40.7 Å². The molecule has 0 saturated heterocycles. The van der Waals surface area contributed by atoms with Crippen LogP contribution in [0.5, 0.6) is 0 Å². The fraction of sp³-hybridized carbons (Fsp3) is 0.222. The zero-order chi connectivity index (χ0) is 10.6. The average Bonchev–Trinajstić information content (AvgIpc) is 2.15. The van der Waals surface area contributed by atoms with E-state index in [4.69, 9.17) is 29.0 Å². The van der Waals surface area contributed by atoms with Crippen LogP contribution in [0.15, 0.2) is 24.9 Å². The minimum absolute atomic E-state index is 0.128. The Labute approximate surface area is 92.9 Å². The van der Waals surface area contributed by atoms with Gasteiger partial charge in [-0.05, 0) is 12.5 Å². The molecule has 1 atom stereocenters. The molecule has 76 valence electrons. The van der Waals surface area contributed by atoms with Gasteiger partial charge in [-0.3, -0.25) is 16.3 Å². The number of nitrogens with zero attached hydrogens (tertiary/aromatic N) is 1. The molecule has 5 heteroatoms. The Hall–Kier alpha value is -0.610. The van der Waals surface area contributed by atoms with Gasteiger partial charge in [-0.25, -0.2) is 0 Å². The summed E-state index contributed by atoms with van der Waals surface area (Å²) >= 11 is 11.7. The van der Waals surface area contributed by atoms with Crippen LogP contribution in [0.1, 0.15) is 18.2 Å². The van der Waals surface area contributed by atoms with Gasteiger partial charge < -0.3 is 0 Å². The molecule has 1 unspecified atom stereocenters. The number of hydrogen-bond donors (Lipinski definition) is 2. The smallest absolute Gasteiger partial charge is 0.0776 e. The first kappa shape index (κ1) is 11.5. The highest BCUT2D eigenvalue weighted by atomic mass is 35.5. The van der Waals surface area contributed by atoms with Crippen molar-refractivity contribution in [2.24, 2.45) is 5.84 Å². The Kier molecular flexibility index (Phi) is 4.35. The Bertz CT molecular complexity index is 328. The first-order chi connectivity index (χ1) is 6.69. The van der Waals surface area contributed by atoms with Crippen molar-refractivity contribution in [1.82, 2.24) is 10.4 Å². The van der Waals surface area contributed by atoms with Gasteiger partial charge >= 0.3 is 0 Å². The summed E-state index contributed by atoms with van der Waals surface area (Å²) in [7, 11) is 0. The predicted octanol–water partition coefficient (Wildman–Crippen LogP) is 2.47. The van der Waals surface area contributed by atoms with E-state index in [1.165, 1.54) is 6.20 Å². The maximum Gasteiger partial charge on any atom is 0.0776 e. The Morgan fingerprint density at radius 1 is 1.64 bits per heavy atom. The van der Waals surface area contributed by atoms with Crippen molar-refractivity contribution < 1.29 is 0 Å². The van der Waals surface area contributed by atoms with E-state index in [1.54, 1.807) is 12.1 Å². The third-order valence-corrected chi connectivity index (χ3v) is 2.28. The van der Waals surface area contributed by atoms with Gasteiger partial charge in [0.15, 0.2) is 0 Å². The minimum Gasteiger partial charge on any atom is -0.271 e. The largest absolute Gasteiger partial charge is 0.271 e. The van der Waals surface area contributed by atoms with Crippen LogP contribution in [-0.2, 0) is 0 Å². The summed E-state index contributed by atoms with van der Waals surface area (Å²) in [6, 6.07) is 1.51. The molecule has 1 heterocycles. The van der Waals surface area contributed by atoms with Gasteiger partial charge in [-0.15, -0.1) is 6.58 Å². The molecule has 0 aromatic carbocycles. The van der Waals surface area contributed by atoms with E-state index < -0.39 is 0 Å². The van der Waals surface area contributed by atoms with Crippen LogP contribution >= 0.6 is 23.2 Å². The number of halogens is 2. The number of pyridine rings is 1. The van der Waals surface area contributed by atoms with E-state index >= 15 is 0 Å². The maximum atomic E-state index is 5.96. The van der Waals surface area contributed by atoms with Crippen LogP contribution in [0, 0.1) is 0 Å². The molecular weight excluding hydrogens is 221 g/mol. The highest BCUT2D eigenvalue weighted by molar-refractivity contribution is 6.34. The summed E-state index contributed by atoms with van der Waals surface area (Å²) < 4.78 is 0. The molecule has 0 aliphatic carbocycles. The van der Waals surface area contributed by atoms with Crippen molar-refractivity contribution >= 4 is 23.2 Å². The standard InChI is InChI=1S/C9H11Cl2N3/c1-2-3-8(14-12)9-7(11)4-6(10)5-13-9/h2,4-5,8,14H,1,3,12H2. The van der Waals surface area contributed by atoms with Crippen molar-refractivity contribution in [3.8, 4) is 0 Å². The highest BCUT2D eigenvalue weighted by Crippen LogP contribution is 2.25. The molecule has 0 radical (unpaired) electrons. The monoisotopic (exact) mass is 231 g/mol. The van der Waals surface area contributed by atoms with Crippen LogP contribution in [0.2, 0.25) is 10.0 Å². The fourth-order valence-electron chi connectivity index (χ4n) is 1.11. The van der Waals surface area contributed by atoms with Gasteiger partial charge in [0.25, 0.3) is 0 Å². The molecule has 1 aromatic rings. The molecule has 0 aliphatic rings. The number of nitrogens with one attached hydrogen (secondary N) is 1. The van der Waals surface area contributed by atoms with Gasteiger partial charge in [0.2, 0.25) is 0 Å². The molecule has 0 amide bonds. The zero-order valence-electron chi connectivity index (χ0n) is 7.50. The van der Waals surface area contributed by atoms with Gasteiger partial charge in [0.05, 0.1) is 21.8 Å². The molecule has 3 nitrogen and oxygen atoms in total. The third kappa shape index (κ3) is 2.69. The Morgan fingerprint density at radius 3 is 2.86 bits per heavy atom. The number of hydrogen-bond acceptors (Lipinski definition) is 3. The Balaban J connectivity index is 2.97. The third-order valence-electron chi connectivity index (χ3n) is 1.77. The topological polar surface area (TPSA) is 50.9 Å². The van der Waals surface area contributed by atoms with E-state index in [1.807, 2.05) is 0 Å². The van der Waals surface area contributed by atoms with Gasteiger partial charge in [-0.1, -0.05) is 29.3 Å². The second kappa shape index (κ2) is 5.32. The average molecular weight is 232 g/mol. The predicted molar refractivity (Wildman–Crippen MR) is 59.1 cm³/mol. The summed E-state index contributed by atoms with van der Waals surface area (Å²) in [5.74, 6) is 5.37. The summed E-state index contributed by atoms with van der Waals surface area (Å²) in [6.45, 7) is 3.63. The first-order valence-corrected chi connectivity index (χ1v) is 4.82. The van der Waals surface area contributed by atoms with Crippen molar-refractivity contribution in [3.63, 3.8) is 0 Å². The fourth-order valence-corrected chi connectivity index (χ4v) is 1.62. The minimum atomic E-state index is -0.128. The van der Waals surface area contributed by atoms with E-state index in [2.05, 4.69) is 17.0 Å². The quantitative estimate of drug-likeness (QED) is 0.476. The van der Waals surface area contributed by atoms with Crippen molar-refractivity contribution in [2.45, 2.75) is 12.5 Å². The molecule has 0 bridgehead atoms. The molecule has 1 aromatic heterocycles. The summed E-state index contributed by atoms with van der Waals surface area (Å²) in [5.41, 5.74) is 3.30. The lowest BCUT2D eigenvalue weighted by Gasteiger charge is -2.14. The van der Waals surface area contributed by atoms with E-state index in [9.17, 15) is 0 Å². The maximum absolute atomic E-state index is 5.96. The Morgan fingerprint density at radius 2 is 2.36 bits per heavy atom. The molecular formula is C9H11Cl2N3. The molecule has 0 aliphatic heterocycles. The van der Waals surface area contributed by atoms with E-state index in [0.717, 1.165) is 0 Å². The lowest BCUT2D eigenvalue weighted by atomic mass is 10.1. The summed E-state index contributed by atoms with van der Waals surface area (Å²) in [6.07, 6.45) is 3.94. The van der Waals surface area contributed by atoms with Gasteiger partial charge in [0, 0.05) is 6.20 Å². The normalized spacial score (nSPS) is 12.5.